The van der Waals surface area contributed by atoms with E-state index in [1.165, 1.54) is 0 Å². The van der Waals surface area contributed by atoms with Crippen molar-refractivity contribution in [2.24, 2.45) is 0 Å². The molecule has 0 aliphatic rings. The van der Waals surface area contributed by atoms with Crippen molar-refractivity contribution in [3.63, 3.8) is 0 Å². The molecule has 3 nitrogen and oxygen atoms in total. The summed E-state index contributed by atoms with van der Waals surface area (Å²) in [5.41, 5.74) is 7.90. The van der Waals surface area contributed by atoms with Gasteiger partial charge in [0.1, 0.15) is 0 Å². The molecule has 94 valence electrons. The summed E-state index contributed by atoms with van der Waals surface area (Å²) >= 11 is 4.93. The Balaban J connectivity index is 2.12. The van der Waals surface area contributed by atoms with Crippen LogP contribution in [0.4, 0.5) is 5.69 Å². The van der Waals surface area contributed by atoms with Crippen LogP contribution in [0.25, 0.3) is 0 Å². The van der Waals surface area contributed by atoms with Crippen LogP contribution in [0.15, 0.2) is 39.5 Å². The number of benzene rings is 1. The third kappa shape index (κ3) is 2.91. The van der Waals surface area contributed by atoms with E-state index in [4.69, 9.17) is 5.73 Å². The lowest BCUT2D eigenvalue weighted by molar-refractivity contribution is 0.0941. The van der Waals surface area contributed by atoms with Gasteiger partial charge in [0.2, 0.25) is 0 Å². The smallest absolute Gasteiger partial charge is 0.253 e. The predicted octanol–water partition coefficient (Wildman–Crippen LogP) is 3.58. The van der Waals surface area contributed by atoms with E-state index in [0.717, 1.165) is 10.0 Å². The molecule has 0 fully saturated rings. The SMILES string of the molecule is CC(NC(=O)c1ccc(Br)cc1N)c1ccsc1. The van der Waals surface area contributed by atoms with E-state index in [-0.39, 0.29) is 11.9 Å². The molecule has 2 rings (SSSR count). The van der Waals surface area contributed by atoms with Crippen molar-refractivity contribution in [1.29, 1.82) is 0 Å². The van der Waals surface area contributed by atoms with E-state index in [1.54, 1.807) is 29.5 Å². The molecule has 0 radical (unpaired) electrons. The summed E-state index contributed by atoms with van der Waals surface area (Å²) < 4.78 is 0.863. The Kier molecular flexibility index (Phi) is 4.04. The Morgan fingerprint density at radius 3 is 2.83 bits per heavy atom. The number of anilines is 1. The minimum absolute atomic E-state index is 0.0215. The lowest BCUT2D eigenvalue weighted by Gasteiger charge is -2.13. The van der Waals surface area contributed by atoms with Crippen LogP contribution in [0, 0.1) is 0 Å². The molecule has 0 saturated carbocycles. The summed E-state index contributed by atoms with van der Waals surface area (Å²) in [5, 5.41) is 6.95. The molecule has 0 saturated heterocycles. The minimum Gasteiger partial charge on any atom is -0.398 e. The molecule has 1 atom stereocenters. The van der Waals surface area contributed by atoms with Gasteiger partial charge in [0.25, 0.3) is 5.91 Å². The molecule has 0 spiro atoms. The summed E-state index contributed by atoms with van der Waals surface area (Å²) in [6.07, 6.45) is 0. The van der Waals surface area contributed by atoms with E-state index >= 15 is 0 Å². The van der Waals surface area contributed by atoms with Crippen LogP contribution >= 0.6 is 27.3 Å². The molecule has 0 aliphatic carbocycles. The first-order valence-corrected chi connectivity index (χ1v) is 7.19. The number of rotatable bonds is 3. The molecule has 0 aliphatic heterocycles. The summed E-state index contributed by atoms with van der Waals surface area (Å²) in [4.78, 5) is 12.1. The van der Waals surface area contributed by atoms with Crippen LogP contribution in [0.3, 0.4) is 0 Å². The van der Waals surface area contributed by atoms with Crippen LogP contribution < -0.4 is 11.1 Å². The second kappa shape index (κ2) is 5.54. The van der Waals surface area contributed by atoms with Gasteiger partial charge in [-0.25, -0.2) is 0 Å². The summed E-state index contributed by atoms with van der Waals surface area (Å²) in [6.45, 7) is 1.95. The van der Waals surface area contributed by atoms with Gasteiger partial charge in [-0.1, -0.05) is 15.9 Å². The summed E-state index contributed by atoms with van der Waals surface area (Å²) in [7, 11) is 0. The van der Waals surface area contributed by atoms with E-state index in [0.29, 0.717) is 11.3 Å². The van der Waals surface area contributed by atoms with Crippen molar-refractivity contribution in [3.05, 3.63) is 50.6 Å². The average Bonchev–Trinajstić information content (AvgIpc) is 2.81. The largest absolute Gasteiger partial charge is 0.398 e. The van der Waals surface area contributed by atoms with Crippen LogP contribution in [0.2, 0.25) is 0 Å². The Bertz CT molecular complexity index is 554. The zero-order valence-corrected chi connectivity index (χ0v) is 12.2. The fourth-order valence-corrected chi connectivity index (χ4v) is 2.75. The number of carbonyl (C=O) groups excluding carboxylic acids is 1. The third-order valence-electron chi connectivity index (χ3n) is 2.65. The van der Waals surface area contributed by atoms with E-state index in [2.05, 4.69) is 21.2 Å². The van der Waals surface area contributed by atoms with E-state index < -0.39 is 0 Å². The van der Waals surface area contributed by atoms with Gasteiger partial charge in [-0.3, -0.25) is 4.79 Å². The van der Waals surface area contributed by atoms with Crippen molar-refractivity contribution < 1.29 is 4.79 Å². The van der Waals surface area contributed by atoms with Crippen molar-refractivity contribution in [2.45, 2.75) is 13.0 Å². The monoisotopic (exact) mass is 324 g/mol. The quantitative estimate of drug-likeness (QED) is 0.848. The second-order valence-corrected chi connectivity index (χ2v) is 5.68. The van der Waals surface area contributed by atoms with E-state index in [9.17, 15) is 4.79 Å². The molecule has 1 amide bonds. The van der Waals surface area contributed by atoms with Crippen LogP contribution in [-0.2, 0) is 0 Å². The highest BCUT2D eigenvalue weighted by molar-refractivity contribution is 9.10. The normalized spacial score (nSPS) is 12.1. The predicted molar refractivity (Wildman–Crippen MR) is 78.8 cm³/mol. The molecule has 1 unspecified atom stereocenters. The second-order valence-electron chi connectivity index (χ2n) is 3.98. The van der Waals surface area contributed by atoms with Gasteiger partial charge < -0.3 is 11.1 Å². The minimum atomic E-state index is -0.154. The van der Waals surface area contributed by atoms with Crippen LogP contribution in [0.5, 0.6) is 0 Å². The number of halogens is 1. The Hall–Kier alpha value is -1.33. The number of hydrogen-bond acceptors (Lipinski definition) is 3. The first kappa shape index (κ1) is 13.1. The molecule has 5 heteroatoms. The average molecular weight is 325 g/mol. The Morgan fingerprint density at radius 2 is 2.22 bits per heavy atom. The number of thiophene rings is 1. The standard InChI is InChI=1S/C13H13BrN2OS/c1-8(9-4-5-18-7-9)16-13(17)11-3-2-10(14)6-12(11)15/h2-8H,15H2,1H3,(H,16,17). The fourth-order valence-electron chi connectivity index (χ4n) is 1.62. The molecular formula is C13H13BrN2OS. The maximum absolute atomic E-state index is 12.1. The molecule has 1 aromatic carbocycles. The number of nitrogens with two attached hydrogens (primary N) is 1. The number of amides is 1. The Labute approximate surface area is 118 Å². The summed E-state index contributed by atoms with van der Waals surface area (Å²) in [5.74, 6) is -0.154. The number of nitrogen functional groups attached to an aromatic ring is 1. The molecule has 1 aromatic heterocycles. The zero-order chi connectivity index (χ0) is 13.1. The van der Waals surface area contributed by atoms with Gasteiger partial charge in [0.15, 0.2) is 0 Å². The van der Waals surface area contributed by atoms with Crippen LogP contribution in [-0.4, -0.2) is 5.91 Å². The number of nitrogens with one attached hydrogen (secondary N) is 1. The van der Waals surface area contributed by atoms with Crippen molar-refractivity contribution in [3.8, 4) is 0 Å². The molecule has 18 heavy (non-hydrogen) atoms. The molecule has 0 bridgehead atoms. The maximum Gasteiger partial charge on any atom is 0.253 e. The Morgan fingerprint density at radius 1 is 1.44 bits per heavy atom. The molecule has 3 N–H and O–H groups in total. The lowest BCUT2D eigenvalue weighted by atomic mass is 10.1. The molecule has 1 heterocycles. The topological polar surface area (TPSA) is 55.1 Å². The first-order chi connectivity index (χ1) is 8.58. The number of hydrogen-bond donors (Lipinski definition) is 2. The van der Waals surface area contributed by atoms with Gasteiger partial charge in [-0.15, -0.1) is 0 Å². The molecular weight excluding hydrogens is 312 g/mol. The third-order valence-corrected chi connectivity index (χ3v) is 3.84. The maximum atomic E-state index is 12.1. The van der Waals surface area contributed by atoms with Gasteiger partial charge >= 0.3 is 0 Å². The van der Waals surface area contributed by atoms with E-state index in [1.807, 2.05) is 23.8 Å². The van der Waals surface area contributed by atoms with Gasteiger partial charge in [0, 0.05) is 10.2 Å². The van der Waals surface area contributed by atoms with Crippen molar-refractivity contribution >= 4 is 38.9 Å². The number of carbonyl (C=O) groups is 1. The highest BCUT2D eigenvalue weighted by Crippen LogP contribution is 2.20. The fraction of sp³-hybridized carbons (Fsp3) is 0.154. The van der Waals surface area contributed by atoms with Crippen molar-refractivity contribution in [2.75, 3.05) is 5.73 Å². The molecule has 2 aromatic rings. The zero-order valence-electron chi connectivity index (χ0n) is 9.81. The summed E-state index contributed by atoms with van der Waals surface area (Å²) in [6, 6.07) is 7.23. The van der Waals surface area contributed by atoms with Gasteiger partial charge in [-0.05, 0) is 47.5 Å². The lowest BCUT2D eigenvalue weighted by Crippen LogP contribution is -2.27. The van der Waals surface area contributed by atoms with Crippen molar-refractivity contribution in [1.82, 2.24) is 5.32 Å². The van der Waals surface area contributed by atoms with Gasteiger partial charge in [-0.2, -0.15) is 11.3 Å². The first-order valence-electron chi connectivity index (χ1n) is 5.46. The highest BCUT2D eigenvalue weighted by Gasteiger charge is 2.14. The van der Waals surface area contributed by atoms with Crippen LogP contribution in [0.1, 0.15) is 28.9 Å². The highest BCUT2D eigenvalue weighted by atomic mass is 79.9. The van der Waals surface area contributed by atoms with Gasteiger partial charge in [0.05, 0.1) is 11.6 Å².